The summed E-state index contributed by atoms with van der Waals surface area (Å²) in [5.41, 5.74) is -0.305. The van der Waals surface area contributed by atoms with Gasteiger partial charge in [-0.3, -0.25) is 4.79 Å². The SMILES string of the molecule is CNc1ncccc1C(=O)Nc1c(F)cc(Br)cc1F. The van der Waals surface area contributed by atoms with E-state index in [-0.39, 0.29) is 10.0 Å². The Labute approximate surface area is 122 Å². The van der Waals surface area contributed by atoms with Crippen molar-refractivity contribution in [2.24, 2.45) is 0 Å². The summed E-state index contributed by atoms with van der Waals surface area (Å²) in [4.78, 5) is 16.0. The van der Waals surface area contributed by atoms with Crippen molar-refractivity contribution in [3.63, 3.8) is 0 Å². The van der Waals surface area contributed by atoms with Crippen LogP contribution in [0.25, 0.3) is 0 Å². The van der Waals surface area contributed by atoms with Crippen LogP contribution in [0.2, 0.25) is 0 Å². The Morgan fingerprint density at radius 1 is 1.30 bits per heavy atom. The highest BCUT2D eigenvalue weighted by molar-refractivity contribution is 9.10. The van der Waals surface area contributed by atoms with E-state index in [1.165, 1.54) is 12.3 Å². The van der Waals surface area contributed by atoms with Crippen LogP contribution in [-0.4, -0.2) is 17.9 Å². The van der Waals surface area contributed by atoms with E-state index in [0.29, 0.717) is 5.82 Å². The number of aromatic nitrogens is 1. The van der Waals surface area contributed by atoms with E-state index >= 15 is 0 Å². The Balaban J connectivity index is 2.33. The van der Waals surface area contributed by atoms with E-state index in [9.17, 15) is 13.6 Å². The molecule has 1 amide bonds. The molecule has 0 aliphatic carbocycles. The smallest absolute Gasteiger partial charge is 0.259 e. The number of carbonyl (C=O) groups excluding carboxylic acids is 1. The Morgan fingerprint density at radius 3 is 2.55 bits per heavy atom. The zero-order chi connectivity index (χ0) is 14.7. The Morgan fingerprint density at radius 2 is 1.95 bits per heavy atom. The van der Waals surface area contributed by atoms with E-state index in [2.05, 4.69) is 31.5 Å². The molecule has 0 fully saturated rings. The van der Waals surface area contributed by atoms with Crippen molar-refractivity contribution in [3.05, 3.63) is 52.1 Å². The third kappa shape index (κ3) is 2.93. The summed E-state index contributed by atoms with van der Waals surface area (Å²) in [6, 6.07) is 5.20. The van der Waals surface area contributed by atoms with Crippen LogP contribution in [-0.2, 0) is 0 Å². The number of anilines is 2. The number of nitrogens with zero attached hydrogens (tertiary/aromatic N) is 1. The van der Waals surface area contributed by atoms with Gasteiger partial charge in [0.05, 0.1) is 5.56 Å². The molecule has 20 heavy (non-hydrogen) atoms. The van der Waals surface area contributed by atoms with Crippen LogP contribution in [0.4, 0.5) is 20.3 Å². The van der Waals surface area contributed by atoms with Gasteiger partial charge in [-0.25, -0.2) is 13.8 Å². The summed E-state index contributed by atoms with van der Waals surface area (Å²) in [6.07, 6.45) is 1.50. The molecule has 0 radical (unpaired) electrons. The molecule has 104 valence electrons. The molecule has 1 aromatic heterocycles. The van der Waals surface area contributed by atoms with Gasteiger partial charge in [-0.05, 0) is 24.3 Å². The van der Waals surface area contributed by atoms with Crippen molar-refractivity contribution in [2.75, 3.05) is 17.7 Å². The van der Waals surface area contributed by atoms with Crippen LogP contribution in [0, 0.1) is 11.6 Å². The summed E-state index contributed by atoms with van der Waals surface area (Å²) in [5.74, 6) is -2.05. The number of rotatable bonds is 3. The number of nitrogens with one attached hydrogen (secondary N) is 2. The van der Waals surface area contributed by atoms with E-state index in [1.807, 2.05) is 0 Å². The molecule has 0 saturated heterocycles. The lowest BCUT2D eigenvalue weighted by Crippen LogP contribution is -2.16. The molecule has 2 aromatic rings. The first-order valence-corrected chi connectivity index (χ1v) is 6.41. The third-order valence-corrected chi connectivity index (χ3v) is 2.99. The molecule has 1 aromatic carbocycles. The normalized spacial score (nSPS) is 10.2. The molecule has 2 rings (SSSR count). The molecule has 0 unspecified atom stereocenters. The van der Waals surface area contributed by atoms with Gasteiger partial charge < -0.3 is 10.6 Å². The summed E-state index contributed by atoms with van der Waals surface area (Å²) >= 11 is 2.97. The fraction of sp³-hybridized carbons (Fsp3) is 0.0769. The number of benzene rings is 1. The Hall–Kier alpha value is -2.02. The first-order chi connectivity index (χ1) is 9.52. The molecule has 0 bridgehead atoms. The predicted molar refractivity (Wildman–Crippen MR) is 75.8 cm³/mol. The highest BCUT2D eigenvalue weighted by atomic mass is 79.9. The monoisotopic (exact) mass is 341 g/mol. The standard InChI is InChI=1S/C13H10BrF2N3O/c1-17-12-8(3-2-4-18-12)13(20)19-11-9(15)5-7(14)6-10(11)16/h2-6H,1H3,(H,17,18)(H,19,20). The van der Waals surface area contributed by atoms with Crippen molar-refractivity contribution in [3.8, 4) is 0 Å². The van der Waals surface area contributed by atoms with Gasteiger partial charge in [0.1, 0.15) is 11.5 Å². The van der Waals surface area contributed by atoms with E-state index in [0.717, 1.165) is 12.1 Å². The fourth-order valence-electron chi connectivity index (χ4n) is 1.63. The van der Waals surface area contributed by atoms with Crippen LogP contribution < -0.4 is 10.6 Å². The van der Waals surface area contributed by atoms with Crippen molar-refractivity contribution in [2.45, 2.75) is 0 Å². The zero-order valence-corrected chi connectivity index (χ0v) is 12.0. The van der Waals surface area contributed by atoms with Crippen molar-refractivity contribution < 1.29 is 13.6 Å². The summed E-state index contributed by atoms with van der Waals surface area (Å²) < 4.78 is 27.6. The maximum atomic E-state index is 13.7. The maximum absolute atomic E-state index is 13.7. The van der Waals surface area contributed by atoms with E-state index in [4.69, 9.17) is 0 Å². The van der Waals surface area contributed by atoms with Gasteiger partial charge >= 0.3 is 0 Å². The molecule has 1 heterocycles. The van der Waals surface area contributed by atoms with Crippen LogP contribution in [0.5, 0.6) is 0 Å². The van der Waals surface area contributed by atoms with Gasteiger partial charge in [0.2, 0.25) is 0 Å². The highest BCUT2D eigenvalue weighted by Gasteiger charge is 2.17. The molecule has 0 saturated carbocycles. The topological polar surface area (TPSA) is 54.0 Å². The average Bonchev–Trinajstić information content (AvgIpc) is 2.42. The first-order valence-electron chi connectivity index (χ1n) is 5.61. The fourth-order valence-corrected chi connectivity index (χ4v) is 2.03. The lowest BCUT2D eigenvalue weighted by Gasteiger charge is -2.10. The molecule has 2 N–H and O–H groups in total. The molecule has 0 aliphatic heterocycles. The first kappa shape index (κ1) is 14.4. The minimum Gasteiger partial charge on any atom is -0.372 e. The van der Waals surface area contributed by atoms with Gasteiger partial charge in [0.15, 0.2) is 11.6 Å². The third-order valence-electron chi connectivity index (χ3n) is 2.53. The Kier molecular flexibility index (Phi) is 4.29. The average molecular weight is 342 g/mol. The van der Waals surface area contributed by atoms with Crippen LogP contribution in [0.15, 0.2) is 34.9 Å². The summed E-state index contributed by atoms with van der Waals surface area (Å²) in [5, 5.41) is 4.94. The second kappa shape index (κ2) is 5.96. The highest BCUT2D eigenvalue weighted by Crippen LogP contribution is 2.24. The molecule has 0 spiro atoms. The van der Waals surface area contributed by atoms with Crippen molar-refractivity contribution >= 4 is 33.3 Å². The molecule has 7 heteroatoms. The van der Waals surface area contributed by atoms with Gasteiger partial charge in [0, 0.05) is 17.7 Å². The van der Waals surface area contributed by atoms with Crippen molar-refractivity contribution in [1.29, 1.82) is 0 Å². The molecule has 4 nitrogen and oxygen atoms in total. The minimum atomic E-state index is -0.861. The molecule has 0 atom stereocenters. The second-order valence-corrected chi connectivity index (χ2v) is 4.76. The second-order valence-electron chi connectivity index (χ2n) is 3.85. The van der Waals surface area contributed by atoms with E-state index < -0.39 is 23.2 Å². The number of amides is 1. The van der Waals surface area contributed by atoms with Crippen molar-refractivity contribution in [1.82, 2.24) is 4.98 Å². The minimum absolute atomic E-state index is 0.191. The lowest BCUT2D eigenvalue weighted by atomic mass is 10.2. The van der Waals surface area contributed by atoms with Gasteiger partial charge in [0.25, 0.3) is 5.91 Å². The molecular weight excluding hydrogens is 332 g/mol. The number of hydrogen-bond acceptors (Lipinski definition) is 3. The van der Waals surface area contributed by atoms with Gasteiger partial charge in [-0.2, -0.15) is 0 Å². The van der Waals surface area contributed by atoms with Gasteiger partial charge in [-0.1, -0.05) is 15.9 Å². The summed E-state index contributed by atoms with van der Waals surface area (Å²) in [7, 11) is 1.60. The van der Waals surface area contributed by atoms with E-state index in [1.54, 1.807) is 13.1 Å². The number of pyridine rings is 1. The maximum Gasteiger partial charge on any atom is 0.259 e. The molecule has 0 aliphatic rings. The Bertz CT molecular complexity index is 641. The number of halogens is 3. The number of carbonyl (C=O) groups is 1. The lowest BCUT2D eigenvalue weighted by molar-refractivity contribution is 0.102. The van der Waals surface area contributed by atoms with Gasteiger partial charge in [-0.15, -0.1) is 0 Å². The predicted octanol–water partition coefficient (Wildman–Crippen LogP) is 3.42. The van der Waals surface area contributed by atoms with Crippen LogP contribution in [0.3, 0.4) is 0 Å². The molecular formula is C13H10BrF2N3O. The number of hydrogen-bond donors (Lipinski definition) is 2. The van der Waals surface area contributed by atoms with Crippen LogP contribution >= 0.6 is 15.9 Å². The summed E-state index contributed by atoms with van der Waals surface area (Å²) in [6.45, 7) is 0. The zero-order valence-electron chi connectivity index (χ0n) is 10.4. The largest absolute Gasteiger partial charge is 0.372 e. The van der Waals surface area contributed by atoms with Crippen LogP contribution in [0.1, 0.15) is 10.4 Å². The quantitative estimate of drug-likeness (QED) is 0.899.